The number of nitrogen functional groups attached to an aromatic ring is 1. The van der Waals surface area contributed by atoms with E-state index in [0.717, 1.165) is 5.56 Å². The smallest absolute Gasteiger partial charge is 0.426 e. The van der Waals surface area contributed by atoms with Gasteiger partial charge in [-0.15, -0.1) is 0 Å². The lowest BCUT2D eigenvalue weighted by Gasteiger charge is -2.22. The molecule has 4 N–H and O–H groups in total. The van der Waals surface area contributed by atoms with E-state index in [1.165, 1.54) is 10.8 Å². The Labute approximate surface area is 170 Å². The molecule has 0 amide bonds. The highest BCUT2D eigenvalue weighted by atomic mass is 16.8. The van der Waals surface area contributed by atoms with Gasteiger partial charge in [0, 0.05) is 0 Å². The Hall–Kier alpha value is -3.21. The molecule has 2 aliphatic rings. The van der Waals surface area contributed by atoms with Crippen LogP contribution in [0.25, 0.3) is 5.52 Å². The third-order valence-corrected chi connectivity index (χ3v) is 5.70. The van der Waals surface area contributed by atoms with Gasteiger partial charge in [-0.3, -0.25) is 0 Å². The molecule has 1 aliphatic heterocycles. The Balaban J connectivity index is 1.26. The van der Waals surface area contributed by atoms with E-state index in [1.54, 1.807) is 19.1 Å². The number of aromatic nitrogens is 3. The minimum Gasteiger partial charge on any atom is -0.426 e. The molecule has 10 nitrogen and oxygen atoms in total. The van der Waals surface area contributed by atoms with Gasteiger partial charge in [0.25, 0.3) is 0 Å². The molecule has 3 aromatic rings. The molecule has 1 aromatic carbocycles. The number of nitrogens with two attached hydrogens (primary N) is 1. The van der Waals surface area contributed by atoms with E-state index < -0.39 is 42.3 Å². The van der Waals surface area contributed by atoms with Crippen LogP contribution >= 0.6 is 0 Å². The first-order valence-electron chi connectivity index (χ1n) is 9.47. The Morgan fingerprint density at radius 1 is 1.30 bits per heavy atom. The minimum absolute atomic E-state index is 0.282. The van der Waals surface area contributed by atoms with Gasteiger partial charge in [-0.25, -0.2) is 14.3 Å². The van der Waals surface area contributed by atoms with E-state index in [1.807, 2.05) is 30.3 Å². The van der Waals surface area contributed by atoms with Gasteiger partial charge in [-0.2, -0.15) is 5.10 Å². The number of benzene rings is 1. The van der Waals surface area contributed by atoms with Crippen molar-refractivity contribution in [2.75, 3.05) is 5.73 Å². The summed E-state index contributed by atoms with van der Waals surface area (Å²) in [5, 5.41) is 25.6. The topological polar surface area (TPSA) is 141 Å². The molecule has 0 radical (unpaired) electrons. The third-order valence-electron chi connectivity index (χ3n) is 5.70. The highest BCUT2D eigenvalue weighted by Gasteiger charge is 2.79. The molecular weight excluding hydrogens is 392 g/mol. The standard InChI is InChI=1S/C20H20N4O6/c1-10(11-5-3-2-4-6-11)28-19(26)30-17-16-20(17,27)15(25)14(29-16)12-7-8-13-18(21)22-9-23-24(12)13/h2-10,14-17,25,27H,1H3,(H2,21,22,23)/t10-,14-,15-,16+,17?,20-/m0/s1. The van der Waals surface area contributed by atoms with Crippen molar-refractivity contribution in [1.29, 1.82) is 0 Å². The number of aliphatic hydroxyl groups is 2. The van der Waals surface area contributed by atoms with Gasteiger partial charge in [0.15, 0.2) is 17.5 Å². The predicted octanol–water partition coefficient (Wildman–Crippen LogP) is 1.14. The molecule has 5 rings (SSSR count). The largest absolute Gasteiger partial charge is 0.509 e. The van der Waals surface area contributed by atoms with Crippen LogP contribution in [0.15, 0.2) is 48.8 Å². The maximum Gasteiger partial charge on any atom is 0.509 e. The first-order chi connectivity index (χ1) is 14.4. The number of rotatable bonds is 4. The normalized spacial score (nSPS) is 30.6. The van der Waals surface area contributed by atoms with Crippen molar-refractivity contribution in [3.8, 4) is 0 Å². The number of carbonyl (C=O) groups excluding carboxylic acids is 1. The zero-order chi connectivity index (χ0) is 21.0. The molecule has 0 spiro atoms. The van der Waals surface area contributed by atoms with Gasteiger partial charge in [0.1, 0.15) is 36.3 Å². The molecule has 156 valence electrons. The zero-order valence-corrected chi connectivity index (χ0v) is 16.0. The summed E-state index contributed by atoms with van der Waals surface area (Å²) in [5.74, 6) is 0.282. The SMILES string of the molecule is C[C@H](OC(=O)OC1[C@H]2O[C@@H](c3ccc4c(N)ncnn34)[C@H](O)[C@@]12O)c1ccccc1. The molecule has 1 saturated heterocycles. The Morgan fingerprint density at radius 3 is 2.77 bits per heavy atom. The number of ether oxygens (including phenoxy) is 3. The lowest BCUT2D eigenvalue weighted by molar-refractivity contribution is -0.0834. The number of nitrogens with zero attached hydrogens (tertiary/aromatic N) is 3. The molecule has 0 bridgehead atoms. The van der Waals surface area contributed by atoms with Crippen LogP contribution in [0.3, 0.4) is 0 Å². The van der Waals surface area contributed by atoms with Gasteiger partial charge >= 0.3 is 6.16 Å². The van der Waals surface area contributed by atoms with Crippen molar-refractivity contribution in [3.05, 3.63) is 60.0 Å². The van der Waals surface area contributed by atoms with Gasteiger partial charge in [0.05, 0.1) is 5.69 Å². The molecule has 3 heterocycles. The van der Waals surface area contributed by atoms with Crippen molar-refractivity contribution < 1.29 is 29.2 Å². The second-order valence-electron chi connectivity index (χ2n) is 7.47. The lowest BCUT2D eigenvalue weighted by atomic mass is 10.1. The van der Waals surface area contributed by atoms with E-state index in [0.29, 0.717) is 11.2 Å². The van der Waals surface area contributed by atoms with Gasteiger partial charge in [-0.05, 0) is 24.6 Å². The van der Waals surface area contributed by atoms with E-state index in [9.17, 15) is 15.0 Å². The van der Waals surface area contributed by atoms with Crippen LogP contribution in [-0.2, 0) is 14.2 Å². The van der Waals surface area contributed by atoms with Crippen molar-refractivity contribution in [2.24, 2.45) is 0 Å². The number of anilines is 1. The maximum atomic E-state index is 12.2. The highest BCUT2D eigenvalue weighted by Crippen LogP contribution is 2.56. The summed E-state index contributed by atoms with van der Waals surface area (Å²) in [6, 6.07) is 12.6. The Kier molecular flexibility index (Phi) is 4.17. The monoisotopic (exact) mass is 412 g/mol. The summed E-state index contributed by atoms with van der Waals surface area (Å²) in [5.41, 5.74) is 5.98. The number of hydrogen-bond acceptors (Lipinski definition) is 9. The fourth-order valence-corrected chi connectivity index (χ4v) is 3.97. The first-order valence-corrected chi connectivity index (χ1v) is 9.47. The first kappa shape index (κ1) is 18.8. The summed E-state index contributed by atoms with van der Waals surface area (Å²) in [6.45, 7) is 1.71. The fraction of sp³-hybridized carbons (Fsp3) is 0.350. The zero-order valence-electron chi connectivity index (χ0n) is 16.0. The quantitative estimate of drug-likeness (QED) is 0.538. The third kappa shape index (κ3) is 2.72. The number of carbonyl (C=O) groups is 1. The fourth-order valence-electron chi connectivity index (χ4n) is 3.97. The summed E-state index contributed by atoms with van der Waals surface area (Å²) < 4.78 is 17.8. The van der Waals surface area contributed by atoms with E-state index in [2.05, 4.69) is 10.1 Å². The Bertz CT molecular complexity index is 1110. The van der Waals surface area contributed by atoms with Crippen LogP contribution in [-0.4, -0.2) is 54.9 Å². The molecule has 1 aliphatic carbocycles. The average molecular weight is 412 g/mol. The highest BCUT2D eigenvalue weighted by molar-refractivity contribution is 5.65. The molecular formula is C20H20N4O6. The molecule has 10 heteroatoms. The number of aliphatic hydroxyl groups excluding tert-OH is 1. The van der Waals surface area contributed by atoms with E-state index in [-0.39, 0.29) is 5.82 Å². The number of fused-ring (bicyclic) bond motifs is 2. The van der Waals surface area contributed by atoms with Crippen LogP contribution in [0, 0.1) is 0 Å². The minimum atomic E-state index is -1.72. The average Bonchev–Trinajstić information content (AvgIpc) is 3.03. The maximum absolute atomic E-state index is 12.2. The van der Waals surface area contributed by atoms with Crippen LogP contribution in [0.2, 0.25) is 0 Å². The molecule has 1 unspecified atom stereocenters. The summed E-state index contributed by atoms with van der Waals surface area (Å²) in [4.78, 5) is 16.1. The van der Waals surface area contributed by atoms with Crippen LogP contribution in [0.5, 0.6) is 0 Å². The van der Waals surface area contributed by atoms with Crippen molar-refractivity contribution in [3.63, 3.8) is 0 Å². The van der Waals surface area contributed by atoms with Gasteiger partial charge in [0.2, 0.25) is 0 Å². The van der Waals surface area contributed by atoms with Gasteiger partial charge in [-0.1, -0.05) is 30.3 Å². The second kappa shape index (κ2) is 6.66. The summed E-state index contributed by atoms with van der Waals surface area (Å²) in [7, 11) is 0. The van der Waals surface area contributed by atoms with Crippen LogP contribution < -0.4 is 5.73 Å². The van der Waals surface area contributed by atoms with Crippen LogP contribution in [0.1, 0.15) is 30.4 Å². The van der Waals surface area contributed by atoms with Crippen molar-refractivity contribution >= 4 is 17.5 Å². The number of hydrogen-bond donors (Lipinski definition) is 3. The molecule has 2 aromatic heterocycles. The molecule has 6 atom stereocenters. The molecule has 2 fully saturated rings. The van der Waals surface area contributed by atoms with E-state index in [4.69, 9.17) is 19.9 Å². The Morgan fingerprint density at radius 2 is 2.07 bits per heavy atom. The summed E-state index contributed by atoms with van der Waals surface area (Å²) >= 11 is 0. The lowest BCUT2D eigenvalue weighted by Crippen LogP contribution is -2.36. The molecule has 30 heavy (non-hydrogen) atoms. The van der Waals surface area contributed by atoms with Crippen molar-refractivity contribution in [2.45, 2.75) is 43.0 Å². The van der Waals surface area contributed by atoms with Crippen molar-refractivity contribution in [1.82, 2.24) is 14.6 Å². The van der Waals surface area contributed by atoms with E-state index >= 15 is 0 Å². The predicted molar refractivity (Wildman–Crippen MR) is 102 cm³/mol. The second-order valence-corrected chi connectivity index (χ2v) is 7.47. The van der Waals surface area contributed by atoms with Gasteiger partial charge < -0.3 is 30.2 Å². The van der Waals surface area contributed by atoms with Crippen LogP contribution in [0.4, 0.5) is 10.6 Å². The summed E-state index contributed by atoms with van der Waals surface area (Å²) in [6.07, 6.45) is -4.27. The molecule has 1 saturated carbocycles.